The van der Waals surface area contributed by atoms with E-state index in [0.717, 1.165) is 12.3 Å². The molecule has 1 heterocycles. The van der Waals surface area contributed by atoms with Gasteiger partial charge in [-0.25, -0.2) is 0 Å². The summed E-state index contributed by atoms with van der Waals surface area (Å²) in [5.41, 5.74) is 1.38. The molecule has 0 saturated carbocycles. The van der Waals surface area contributed by atoms with Crippen LogP contribution in [0.4, 0.5) is 0 Å². The van der Waals surface area contributed by atoms with Gasteiger partial charge in [0.25, 0.3) is 0 Å². The normalized spacial score (nSPS) is 12.5. The molecule has 3 heteroatoms. The standard InChI is InChI=1S/C17H23NS2/c1-3-18-15(10-11-16-8-6-12-19-16)13-20-17-9-5-4-7-14(17)2/h4-9,12,15,18H,3,10-11,13H2,1-2H3. The maximum absolute atomic E-state index is 3.62. The summed E-state index contributed by atoms with van der Waals surface area (Å²) < 4.78 is 0. The van der Waals surface area contributed by atoms with Crippen molar-refractivity contribution in [3.05, 3.63) is 52.2 Å². The van der Waals surface area contributed by atoms with Gasteiger partial charge in [-0.2, -0.15) is 0 Å². The van der Waals surface area contributed by atoms with Crippen LogP contribution in [-0.2, 0) is 6.42 Å². The van der Waals surface area contributed by atoms with Gasteiger partial charge in [-0.3, -0.25) is 0 Å². The van der Waals surface area contributed by atoms with Crippen LogP contribution in [0.15, 0.2) is 46.7 Å². The summed E-state index contributed by atoms with van der Waals surface area (Å²) in [5, 5.41) is 5.78. The Hall–Kier alpha value is -0.770. The summed E-state index contributed by atoms with van der Waals surface area (Å²) in [4.78, 5) is 2.90. The average Bonchev–Trinajstić information content (AvgIpc) is 2.97. The van der Waals surface area contributed by atoms with Crippen LogP contribution in [-0.4, -0.2) is 18.3 Å². The van der Waals surface area contributed by atoms with Gasteiger partial charge in [0.2, 0.25) is 0 Å². The summed E-state index contributed by atoms with van der Waals surface area (Å²) in [7, 11) is 0. The van der Waals surface area contributed by atoms with Crippen LogP contribution < -0.4 is 5.32 Å². The highest BCUT2D eigenvalue weighted by Crippen LogP contribution is 2.23. The molecule has 2 aromatic rings. The van der Waals surface area contributed by atoms with E-state index in [-0.39, 0.29) is 0 Å². The van der Waals surface area contributed by atoms with Crippen molar-refractivity contribution in [2.24, 2.45) is 0 Å². The van der Waals surface area contributed by atoms with Crippen LogP contribution in [0.25, 0.3) is 0 Å². The molecule has 108 valence electrons. The van der Waals surface area contributed by atoms with Gasteiger partial charge in [-0.15, -0.1) is 23.1 Å². The predicted octanol–water partition coefficient (Wildman–Crippen LogP) is 4.76. The lowest BCUT2D eigenvalue weighted by Crippen LogP contribution is -2.31. The largest absolute Gasteiger partial charge is 0.313 e. The third-order valence-electron chi connectivity index (χ3n) is 3.35. The maximum Gasteiger partial charge on any atom is 0.0165 e. The minimum Gasteiger partial charge on any atom is -0.313 e. The van der Waals surface area contributed by atoms with Gasteiger partial charge in [0.05, 0.1) is 0 Å². The van der Waals surface area contributed by atoms with Crippen molar-refractivity contribution in [2.75, 3.05) is 12.3 Å². The fraction of sp³-hybridized carbons (Fsp3) is 0.412. The summed E-state index contributed by atoms with van der Waals surface area (Å²) in [5.74, 6) is 1.14. The Morgan fingerprint density at radius 1 is 1.20 bits per heavy atom. The first-order valence-corrected chi connectivity index (χ1v) is 9.10. The van der Waals surface area contributed by atoms with E-state index in [1.807, 2.05) is 23.1 Å². The quantitative estimate of drug-likeness (QED) is 0.706. The summed E-state index contributed by atoms with van der Waals surface area (Å²) >= 11 is 3.84. The zero-order valence-electron chi connectivity index (χ0n) is 12.3. The van der Waals surface area contributed by atoms with Crippen molar-refractivity contribution < 1.29 is 0 Å². The molecule has 0 radical (unpaired) electrons. The van der Waals surface area contributed by atoms with Crippen molar-refractivity contribution >= 4 is 23.1 Å². The molecule has 1 aromatic heterocycles. The Morgan fingerprint density at radius 2 is 2.05 bits per heavy atom. The summed E-state index contributed by atoms with van der Waals surface area (Å²) in [6.45, 7) is 5.43. The number of hydrogen-bond acceptors (Lipinski definition) is 3. The smallest absolute Gasteiger partial charge is 0.0165 e. The minimum absolute atomic E-state index is 0.590. The number of nitrogens with one attached hydrogen (secondary N) is 1. The number of rotatable bonds is 8. The van der Waals surface area contributed by atoms with Crippen LogP contribution in [0.2, 0.25) is 0 Å². The zero-order chi connectivity index (χ0) is 14.2. The molecule has 20 heavy (non-hydrogen) atoms. The Bertz CT molecular complexity index is 493. The Balaban J connectivity index is 1.84. The molecule has 0 spiro atoms. The van der Waals surface area contributed by atoms with E-state index < -0.39 is 0 Å². The highest BCUT2D eigenvalue weighted by atomic mass is 32.2. The molecule has 1 unspecified atom stereocenters. The lowest BCUT2D eigenvalue weighted by atomic mass is 10.1. The van der Waals surface area contributed by atoms with Gasteiger partial charge < -0.3 is 5.32 Å². The first-order chi connectivity index (χ1) is 9.79. The van der Waals surface area contributed by atoms with E-state index in [0.29, 0.717) is 6.04 Å². The molecule has 0 aliphatic heterocycles. The first kappa shape index (κ1) is 15.6. The van der Waals surface area contributed by atoms with Gasteiger partial charge in [0.1, 0.15) is 0 Å². The molecule has 0 saturated heterocycles. The Morgan fingerprint density at radius 3 is 2.75 bits per heavy atom. The summed E-state index contributed by atoms with van der Waals surface area (Å²) in [6.07, 6.45) is 2.40. The molecule has 0 fully saturated rings. The van der Waals surface area contributed by atoms with Crippen LogP contribution in [0.3, 0.4) is 0 Å². The second kappa shape index (κ2) is 8.50. The van der Waals surface area contributed by atoms with Gasteiger partial charge in [-0.1, -0.05) is 31.2 Å². The number of hydrogen-bond donors (Lipinski definition) is 1. The molecule has 2 rings (SSSR count). The monoisotopic (exact) mass is 305 g/mol. The average molecular weight is 306 g/mol. The van der Waals surface area contributed by atoms with Crippen molar-refractivity contribution in [2.45, 2.75) is 37.6 Å². The lowest BCUT2D eigenvalue weighted by molar-refractivity contribution is 0.539. The third kappa shape index (κ3) is 4.97. The molecular formula is C17H23NS2. The van der Waals surface area contributed by atoms with Gasteiger partial charge in [0, 0.05) is 21.6 Å². The Labute approximate surface area is 130 Å². The number of benzene rings is 1. The fourth-order valence-electron chi connectivity index (χ4n) is 2.21. The van der Waals surface area contributed by atoms with Crippen molar-refractivity contribution in [1.29, 1.82) is 0 Å². The SMILES string of the molecule is CCNC(CCc1cccs1)CSc1ccccc1C. The fourth-order valence-corrected chi connectivity index (χ4v) is 4.07. The molecule has 1 nitrogen and oxygen atoms in total. The van der Waals surface area contributed by atoms with Crippen LogP contribution in [0, 0.1) is 6.92 Å². The van der Waals surface area contributed by atoms with Crippen LogP contribution in [0.5, 0.6) is 0 Å². The van der Waals surface area contributed by atoms with Crippen LogP contribution in [0.1, 0.15) is 23.8 Å². The highest BCUT2D eigenvalue weighted by molar-refractivity contribution is 7.99. The van der Waals surface area contributed by atoms with Gasteiger partial charge in [-0.05, 0) is 49.4 Å². The number of aryl methyl sites for hydroxylation is 2. The van der Waals surface area contributed by atoms with E-state index >= 15 is 0 Å². The maximum atomic E-state index is 3.62. The molecular weight excluding hydrogens is 282 g/mol. The van der Waals surface area contributed by atoms with Crippen molar-refractivity contribution in [3.8, 4) is 0 Å². The topological polar surface area (TPSA) is 12.0 Å². The minimum atomic E-state index is 0.590. The van der Waals surface area contributed by atoms with Crippen molar-refractivity contribution in [1.82, 2.24) is 5.32 Å². The number of thioether (sulfide) groups is 1. The molecule has 0 aliphatic carbocycles. The molecule has 0 aliphatic rings. The van der Waals surface area contributed by atoms with E-state index in [1.54, 1.807) is 0 Å². The van der Waals surface area contributed by atoms with Crippen molar-refractivity contribution in [3.63, 3.8) is 0 Å². The predicted molar refractivity (Wildman–Crippen MR) is 92.0 cm³/mol. The van der Waals surface area contributed by atoms with E-state index in [9.17, 15) is 0 Å². The third-order valence-corrected chi connectivity index (χ3v) is 5.62. The van der Waals surface area contributed by atoms with Gasteiger partial charge in [0.15, 0.2) is 0 Å². The van der Waals surface area contributed by atoms with Crippen LogP contribution >= 0.6 is 23.1 Å². The van der Waals surface area contributed by atoms with E-state index in [1.165, 1.54) is 28.2 Å². The lowest BCUT2D eigenvalue weighted by Gasteiger charge is -2.17. The molecule has 0 bridgehead atoms. The highest BCUT2D eigenvalue weighted by Gasteiger charge is 2.09. The second-order valence-corrected chi connectivity index (χ2v) is 7.04. The first-order valence-electron chi connectivity index (χ1n) is 7.23. The molecule has 1 atom stereocenters. The Kier molecular flexibility index (Phi) is 6.64. The van der Waals surface area contributed by atoms with E-state index in [2.05, 4.69) is 60.9 Å². The molecule has 1 N–H and O–H groups in total. The van der Waals surface area contributed by atoms with E-state index in [4.69, 9.17) is 0 Å². The van der Waals surface area contributed by atoms with Gasteiger partial charge >= 0.3 is 0 Å². The molecule has 0 amide bonds. The summed E-state index contributed by atoms with van der Waals surface area (Å²) in [6, 6.07) is 13.6. The second-order valence-electron chi connectivity index (χ2n) is 4.95. The zero-order valence-corrected chi connectivity index (χ0v) is 13.9. The number of thiophene rings is 1. The molecule has 1 aromatic carbocycles.